The molecule has 0 saturated carbocycles. The van der Waals surface area contributed by atoms with Crippen LogP contribution in [0.5, 0.6) is 5.75 Å². The van der Waals surface area contributed by atoms with Crippen LogP contribution in [0.1, 0.15) is 17.5 Å². The van der Waals surface area contributed by atoms with Crippen molar-refractivity contribution < 1.29 is 14.3 Å². The molecule has 0 radical (unpaired) electrons. The number of hydrogen-bond acceptors (Lipinski definition) is 5. The number of para-hydroxylation sites is 1. The number of carbonyl (C=O) groups is 1. The van der Waals surface area contributed by atoms with Crippen LogP contribution in [0.4, 0.5) is 0 Å². The number of nitrogens with one attached hydrogen (secondary N) is 2. The van der Waals surface area contributed by atoms with Gasteiger partial charge in [0.1, 0.15) is 5.75 Å². The minimum atomic E-state index is -0.146. The molecule has 1 aliphatic heterocycles. The number of hydrogen-bond donors (Lipinski definition) is 2. The minimum absolute atomic E-state index is 0.0712. The lowest BCUT2D eigenvalue weighted by atomic mass is 10.1. The average molecular weight is 424 g/mol. The smallest absolute Gasteiger partial charge is 0.237 e. The zero-order valence-corrected chi connectivity index (χ0v) is 18.4. The first-order valence-corrected chi connectivity index (χ1v) is 10.8. The molecule has 2 aromatic rings. The third-order valence-corrected chi connectivity index (χ3v) is 5.50. The molecule has 0 aliphatic carbocycles. The second-order valence-electron chi connectivity index (χ2n) is 7.70. The second kappa shape index (κ2) is 12.2. The molecule has 31 heavy (non-hydrogen) atoms. The molecule has 1 heterocycles. The molecule has 0 aromatic heterocycles. The van der Waals surface area contributed by atoms with E-state index >= 15 is 0 Å². The first-order chi connectivity index (χ1) is 15.2. The molecule has 1 fully saturated rings. The lowest BCUT2D eigenvalue weighted by molar-refractivity contribution is -0.125. The summed E-state index contributed by atoms with van der Waals surface area (Å²) in [4.78, 5) is 15.1. The lowest BCUT2D eigenvalue weighted by Crippen LogP contribution is -2.43. The normalized spacial score (nSPS) is 19.0. The van der Waals surface area contributed by atoms with Crippen molar-refractivity contribution in [2.45, 2.75) is 25.0 Å². The molecule has 1 aliphatic rings. The van der Waals surface area contributed by atoms with Gasteiger partial charge in [-0.2, -0.15) is 0 Å². The monoisotopic (exact) mass is 423 g/mol. The third kappa shape index (κ3) is 6.92. The first-order valence-electron chi connectivity index (χ1n) is 10.8. The Morgan fingerprint density at radius 1 is 1.13 bits per heavy atom. The van der Waals surface area contributed by atoms with Crippen molar-refractivity contribution in [3.8, 4) is 5.75 Å². The van der Waals surface area contributed by atoms with E-state index in [1.165, 1.54) is 5.56 Å². The molecule has 0 unspecified atom stereocenters. The number of likely N-dealkylation sites (tertiary alicyclic amines) is 1. The fourth-order valence-corrected chi connectivity index (χ4v) is 3.94. The van der Waals surface area contributed by atoms with Crippen LogP contribution in [-0.2, 0) is 16.1 Å². The molecule has 166 valence electrons. The van der Waals surface area contributed by atoms with E-state index in [9.17, 15) is 4.79 Å². The summed E-state index contributed by atoms with van der Waals surface area (Å²) in [5.41, 5.74) is 2.27. The van der Waals surface area contributed by atoms with Gasteiger partial charge >= 0.3 is 0 Å². The lowest BCUT2D eigenvalue weighted by Gasteiger charge is -2.23. The molecule has 2 atom stereocenters. The van der Waals surface area contributed by atoms with Crippen molar-refractivity contribution in [1.82, 2.24) is 15.5 Å². The fourth-order valence-electron chi connectivity index (χ4n) is 3.94. The highest BCUT2D eigenvalue weighted by atomic mass is 16.5. The topological polar surface area (TPSA) is 62.8 Å². The Morgan fingerprint density at radius 3 is 2.68 bits per heavy atom. The van der Waals surface area contributed by atoms with Gasteiger partial charge in [-0.15, -0.1) is 0 Å². The van der Waals surface area contributed by atoms with Crippen LogP contribution in [0, 0.1) is 0 Å². The zero-order valence-electron chi connectivity index (χ0n) is 18.4. The summed E-state index contributed by atoms with van der Waals surface area (Å²) >= 11 is 0. The Balaban J connectivity index is 1.57. The summed E-state index contributed by atoms with van der Waals surface area (Å²) in [7, 11) is 3.32. The molecular weight excluding hydrogens is 390 g/mol. The molecule has 1 saturated heterocycles. The molecule has 6 nitrogen and oxygen atoms in total. The van der Waals surface area contributed by atoms with Crippen LogP contribution in [0.15, 0.2) is 60.7 Å². The number of carbonyl (C=O) groups excluding carboxylic acids is 1. The Bertz CT molecular complexity index is 841. The standard InChI is InChI=1S/C25H33N3O3/c1-30-16-15-27-25(29)23-17-22(19-28(23)18-20-9-4-3-5-10-20)26-14-8-12-21-11-6-7-13-24(21)31-2/h3-13,22-23,26H,14-19H2,1-2H3,(H,27,29)/b12-8+/t22-,23+/m1/s1. The molecular formula is C25H33N3O3. The first kappa shape index (κ1) is 23.0. The van der Waals surface area contributed by atoms with Crippen molar-refractivity contribution in [3.05, 3.63) is 71.8 Å². The third-order valence-electron chi connectivity index (χ3n) is 5.50. The second-order valence-corrected chi connectivity index (χ2v) is 7.70. The zero-order chi connectivity index (χ0) is 21.9. The van der Waals surface area contributed by atoms with Crippen molar-refractivity contribution in [2.24, 2.45) is 0 Å². The summed E-state index contributed by atoms with van der Waals surface area (Å²) in [6, 6.07) is 18.4. The summed E-state index contributed by atoms with van der Waals surface area (Å²) in [6.45, 7) is 3.38. The van der Waals surface area contributed by atoms with E-state index in [1.807, 2.05) is 42.5 Å². The van der Waals surface area contributed by atoms with Crippen LogP contribution >= 0.6 is 0 Å². The molecule has 6 heteroatoms. The minimum Gasteiger partial charge on any atom is -0.496 e. The largest absolute Gasteiger partial charge is 0.496 e. The summed E-state index contributed by atoms with van der Waals surface area (Å²) in [5, 5.41) is 6.59. The summed E-state index contributed by atoms with van der Waals surface area (Å²) < 4.78 is 10.5. The van der Waals surface area contributed by atoms with E-state index in [0.717, 1.165) is 37.4 Å². The Morgan fingerprint density at radius 2 is 1.90 bits per heavy atom. The predicted octanol–water partition coefficient (Wildman–Crippen LogP) is 2.70. The SMILES string of the molecule is COCCNC(=O)[C@@H]1C[C@@H](NC/C=C/c2ccccc2OC)CN1Cc1ccccc1. The van der Waals surface area contributed by atoms with Gasteiger partial charge in [0.2, 0.25) is 5.91 Å². The Hall–Kier alpha value is -2.67. The van der Waals surface area contributed by atoms with Crippen molar-refractivity contribution >= 4 is 12.0 Å². The Labute approximate surface area is 185 Å². The van der Waals surface area contributed by atoms with E-state index in [-0.39, 0.29) is 18.0 Å². The summed E-state index contributed by atoms with van der Waals surface area (Å²) in [5.74, 6) is 0.934. The maximum absolute atomic E-state index is 12.8. The van der Waals surface area contributed by atoms with E-state index in [4.69, 9.17) is 9.47 Å². The molecule has 2 aromatic carbocycles. The van der Waals surface area contributed by atoms with Crippen molar-refractivity contribution in [2.75, 3.05) is 40.5 Å². The van der Waals surface area contributed by atoms with Gasteiger partial charge in [-0.25, -0.2) is 0 Å². The van der Waals surface area contributed by atoms with Gasteiger partial charge in [-0.3, -0.25) is 9.69 Å². The van der Waals surface area contributed by atoms with E-state index in [0.29, 0.717) is 13.2 Å². The molecule has 1 amide bonds. The van der Waals surface area contributed by atoms with Crippen LogP contribution in [0.3, 0.4) is 0 Å². The van der Waals surface area contributed by atoms with E-state index in [1.54, 1.807) is 14.2 Å². The van der Waals surface area contributed by atoms with E-state index in [2.05, 4.69) is 39.8 Å². The molecule has 3 rings (SSSR count). The van der Waals surface area contributed by atoms with Gasteiger partial charge in [0.05, 0.1) is 19.8 Å². The quantitative estimate of drug-likeness (QED) is 0.544. The molecule has 2 N–H and O–H groups in total. The van der Waals surface area contributed by atoms with Gasteiger partial charge < -0.3 is 20.1 Å². The van der Waals surface area contributed by atoms with Crippen LogP contribution in [-0.4, -0.2) is 63.4 Å². The Kier molecular flexibility index (Phi) is 9.09. The highest BCUT2D eigenvalue weighted by molar-refractivity contribution is 5.82. The predicted molar refractivity (Wildman–Crippen MR) is 124 cm³/mol. The summed E-state index contributed by atoms with van der Waals surface area (Å²) in [6.07, 6.45) is 4.96. The van der Waals surface area contributed by atoms with Gasteiger partial charge in [-0.05, 0) is 18.1 Å². The number of rotatable bonds is 11. The maximum Gasteiger partial charge on any atom is 0.237 e. The molecule has 0 spiro atoms. The number of benzene rings is 2. The fraction of sp³-hybridized carbons (Fsp3) is 0.400. The van der Waals surface area contributed by atoms with Gasteiger partial charge in [0.15, 0.2) is 0 Å². The van der Waals surface area contributed by atoms with E-state index < -0.39 is 0 Å². The van der Waals surface area contributed by atoms with Crippen molar-refractivity contribution in [3.63, 3.8) is 0 Å². The highest BCUT2D eigenvalue weighted by Crippen LogP contribution is 2.22. The maximum atomic E-state index is 12.8. The van der Waals surface area contributed by atoms with Gasteiger partial charge in [0.25, 0.3) is 0 Å². The number of methoxy groups -OCH3 is 2. The van der Waals surface area contributed by atoms with Gasteiger partial charge in [-0.1, -0.05) is 60.7 Å². The molecule has 0 bridgehead atoms. The van der Waals surface area contributed by atoms with Crippen molar-refractivity contribution in [1.29, 1.82) is 0 Å². The highest BCUT2D eigenvalue weighted by Gasteiger charge is 2.36. The number of nitrogens with zero attached hydrogens (tertiary/aromatic N) is 1. The van der Waals surface area contributed by atoms with Crippen LogP contribution in [0.2, 0.25) is 0 Å². The number of amides is 1. The van der Waals surface area contributed by atoms with Crippen LogP contribution < -0.4 is 15.4 Å². The number of ether oxygens (including phenoxy) is 2. The van der Waals surface area contributed by atoms with Crippen LogP contribution in [0.25, 0.3) is 6.08 Å². The average Bonchev–Trinajstić information content (AvgIpc) is 3.20. The van der Waals surface area contributed by atoms with Gasteiger partial charge in [0, 0.05) is 44.9 Å².